The molecule has 1 amide bonds. The van der Waals surface area contributed by atoms with E-state index in [1.165, 1.54) is 25.9 Å². The van der Waals surface area contributed by atoms with E-state index in [4.69, 9.17) is 0 Å². The van der Waals surface area contributed by atoms with Crippen LogP contribution in [0.3, 0.4) is 0 Å². The molecule has 0 saturated carbocycles. The summed E-state index contributed by atoms with van der Waals surface area (Å²) in [7, 11) is 0. The van der Waals surface area contributed by atoms with Gasteiger partial charge in [-0.3, -0.25) is 9.69 Å². The molecule has 3 aliphatic rings. The fraction of sp³-hybridized carbons (Fsp3) is 0.929. The zero-order valence-corrected chi connectivity index (χ0v) is 11.4. The molecule has 0 radical (unpaired) electrons. The highest BCUT2D eigenvalue weighted by molar-refractivity contribution is 5.87. The highest BCUT2D eigenvalue weighted by Crippen LogP contribution is 2.29. The summed E-state index contributed by atoms with van der Waals surface area (Å²) in [6.07, 6.45) is 6.72. The van der Waals surface area contributed by atoms with Crippen molar-refractivity contribution in [2.45, 2.75) is 63.1 Å². The number of fused-ring (bicyclic) bond motifs is 1. The fourth-order valence-electron chi connectivity index (χ4n) is 4.02. The van der Waals surface area contributed by atoms with Gasteiger partial charge in [0.05, 0.1) is 5.54 Å². The molecule has 3 aliphatic heterocycles. The summed E-state index contributed by atoms with van der Waals surface area (Å²) in [5.41, 5.74) is -0.272. The van der Waals surface area contributed by atoms with Crippen LogP contribution < -0.4 is 10.6 Å². The number of carbonyl (C=O) groups is 1. The molecule has 3 heterocycles. The molecule has 4 nitrogen and oxygen atoms in total. The first-order chi connectivity index (χ1) is 8.75. The maximum atomic E-state index is 12.6. The van der Waals surface area contributed by atoms with Crippen molar-refractivity contribution >= 4 is 5.91 Å². The quantitative estimate of drug-likeness (QED) is 0.782. The van der Waals surface area contributed by atoms with Crippen LogP contribution in [0.2, 0.25) is 0 Å². The molecule has 3 atom stereocenters. The van der Waals surface area contributed by atoms with Crippen LogP contribution in [0.1, 0.15) is 45.4 Å². The second kappa shape index (κ2) is 4.82. The number of nitrogens with one attached hydrogen (secondary N) is 2. The molecule has 3 rings (SSSR count). The van der Waals surface area contributed by atoms with Gasteiger partial charge in [0.15, 0.2) is 0 Å². The molecule has 0 aromatic rings. The summed E-state index contributed by atoms with van der Waals surface area (Å²) >= 11 is 0. The van der Waals surface area contributed by atoms with Gasteiger partial charge in [0.1, 0.15) is 0 Å². The van der Waals surface area contributed by atoms with E-state index in [2.05, 4.69) is 22.5 Å². The summed E-state index contributed by atoms with van der Waals surface area (Å²) in [6, 6.07) is 1.01. The van der Waals surface area contributed by atoms with Crippen molar-refractivity contribution in [3.05, 3.63) is 0 Å². The topological polar surface area (TPSA) is 44.4 Å². The number of carbonyl (C=O) groups excluding carboxylic acids is 1. The van der Waals surface area contributed by atoms with E-state index in [1.807, 2.05) is 0 Å². The second-order valence-corrected chi connectivity index (χ2v) is 6.08. The maximum absolute atomic E-state index is 12.6. The Balaban J connectivity index is 1.63. The van der Waals surface area contributed by atoms with Crippen molar-refractivity contribution in [1.29, 1.82) is 0 Å². The monoisotopic (exact) mass is 251 g/mol. The molecule has 3 fully saturated rings. The number of amides is 1. The number of hydrogen-bond donors (Lipinski definition) is 2. The van der Waals surface area contributed by atoms with Gasteiger partial charge in [-0.15, -0.1) is 0 Å². The van der Waals surface area contributed by atoms with E-state index in [0.717, 1.165) is 32.2 Å². The SMILES string of the molecule is CCC1(C(=O)NC2CCN3CCCC23)CCCN1. The molecule has 0 aliphatic carbocycles. The van der Waals surface area contributed by atoms with Gasteiger partial charge in [-0.25, -0.2) is 0 Å². The second-order valence-electron chi connectivity index (χ2n) is 6.08. The lowest BCUT2D eigenvalue weighted by Gasteiger charge is -2.30. The van der Waals surface area contributed by atoms with Crippen LogP contribution in [-0.2, 0) is 4.79 Å². The number of hydrogen-bond acceptors (Lipinski definition) is 3. The first kappa shape index (κ1) is 12.4. The van der Waals surface area contributed by atoms with E-state index in [-0.39, 0.29) is 11.4 Å². The molecule has 0 aromatic carbocycles. The van der Waals surface area contributed by atoms with E-state index in [9.17, 15) is 4.79 Å². The largest absolute Gasteiger partial charge is 0.350 e. The van der Waals surface area contributed by atoms with Gasteiger partial charge in [-0.05, 0) is 51.6 Å². The predicted octanol–water partition coefficient (Wildman–Crippen LogP) is 0.872. The number of rotatable bonds is 3. The summed E-state index contributed by atoms with van der Waals surface area (Å²) < 4.78 is 0. The molecular weight excluding hydrogens is 226 g/mol. The van der Waals surface area contributed by atoms with Crippen LogP contribution in [0.4, 0.5) is 0 Å². The molecule has 0 spiro atoms. The van der Waals surface area contributed by atoms with E-state index < -0.39 is 0 Å². The van der Waals surface area contributed by atoms with Crippen LogP contribution >= 0.6 is 0 Å². The molecule has 4 heteroatoms. The third kappa shape index (κ3) is 1.95. The average molecular weight is 251 g/mol. The molecule has 3 unspecified atom stereocenters. The third-order valence-electron chi connectivity index (χ3n) is 5.20. The molecule has 3 saturated heterocycles. The molecular formula is C14H25N3O. The van der Waals surface area contributed by atoms with Gasteiger partial charge in [0.25, 0.3) is 0 Å². The van der Waals surface area contributed by atoms with Crippen molar-refractivity contribution < 1.29 is 4.79 Å². The highest BCUT2D eigenvalue weighted by atomic mass is 16.2. The molecule has 0 aromatic heterocycles. The Morgan fingerprint density at radius 3 is 3.00 bits per heavy atom. The summed E-state index contributed by atoms with van der Waals surface area (Å²) in [6.45, 7) is 5.51. The Bertz CT molecular complexity index is 325. The lowest BCUT2D eigenvalue weighted by atomic mass is 9.92. The van der Waals surface area contributed by atoms with Crippen molar-refractivity contribution in [3.8, 4) is 0 Å². The van der Waals surface area contributed by atoms with Gasteiger partial charge in [-0.1, -0.05) is 6.92 Å². The normalized spacial score (nSPS) is 40.1. The molecule has 102 valence electrons. The summed E-state index contributed by atoms with van der Waals surface area (Å²) in [5.74, 6) is 0.251. The highest BCUT2D eigenvalue weighted by Gasteiger charge is 2.43. The van der Waals surface area contributed by atoms with Crippen LogP contribution in [0.5, 0.6) is 0 Å². The first-order valence-electron chi connectivity index (χ1n) is 7.55. The standard InChI is InChI=1S/C14H25N3O/c1-2-14(7-4-8-15-14)13(18)16-11-6-10-17-9-3-5-12(11)17/h11-12,15H,2-10H2,1H3,(H,16,18). The first-order valence-corrected chi connectivity index (χ1v) is 7.55. The van der Waals surface area contributed by atoms with E-state index in [1.54, 1.807) is 0 Å². The zero-order chi connectivity index (χ0) is 12.6. The van der Waals surface area contributed by atoms with Gasteiger partial charge < -0.3 is 10.6 Å². The minimum Gasteiger partial charge on any atom is -0.350 e. The van der Waals surface area contributed by atoms with Crippen molar-refractivity contribution in [2.75, 3.05) is 19.6 Å². The Morgan fingerprint density at radius 2 is 2.28 bits per heavy atom. The lowest BCUT2D eigenvalue weighted by Crippen LogP contribution is -2.56. The Labute approximate surface area is 109 Å². The zero-order valence-electron chi connectivity index (χ0n) is 11.4. The lowest BCUT2D eigenvalue weighted by molar-refractivity contribution is -0.128. The smallest absolute Gasteiger partial charge is 0.240 e. The van der Waals surface area contributed by atoms with Crippen molar-refractivity contribution in [1.82, 2.24) is 15.5 Å². The van der Waals surface area contributed by atoms with Gasteiger partial charge in [0, 0.05) is 18.6 Å². The molecule has 18 heavy (non-hydrogen) atoms. The van der Waals surface area contributed by atoms with Crippen molar-refractivity contribution in [3.63, 3.8) is 0 Å². The minimum atomic E-state index is -0.272. The van der Waals surface area contributed by atoms with E-state index in [0.29, 0.717) is 12.1 Å². The van der Waals surface area contributed by atoms with Gasteiger partial charge in [0.2, 0.25) is 5.91 Å². The third-order valence-corrected chi connectivity index (χ3v) is 5.20. The average Bonchev–Trinajstić information content (AvgIpc) is 3.06. The van der Waals surface area contributed by atoms with Crippen LogP contribution in [0.15, 0.2) is 0 Å². The molecule has 2 N–H and O–H groups in total. The predicted molar refractivity (Wildman–Crippen MR) is 71.4 cm³/mol. The fourth-order valence-corrected chi connectivity index (χ4v) is 4.02. The minimum absolute atomic E-state index is 0.251. The Kier molecular flexibility index (Phi) is 3.32. The van der Waals surface area contributed by atoms with Crippen LogP contribution in [-0.4, -0.2) is 48.1 Å². The van der Waals surface area contributed by atoms with Crippen LogP contribution in [0, 0.1) is 0 Å². The van der Waals surface area contributed by atoms with Crippen LogP contribution in [0.25, 0.3) is 0 Å². The Hall–Kier alpha value is -0.610. The molecule has 0 bridgehead atoms. The van der Waals surface area contributed by atoms with Gasteiger partial charge in [-0.2, -0.15) is 0 Å². The van der Waals surface area contributed by atoms with Crippen molar-refractivity contribution in [2.24, 2.45) is 0 Å². The summed E-state index contributed by atoms with van der Waals surface area (Å²) in [5, 5.41) is 6.77. The summed E-state index contributed by atoms with van der Waals surface area (Å²) in [4.78, 5) is 15.1. The Morgan fingerprint density at radius 1 is 1.39 bits per heavy atom. The van der Waals surface area contributed by atoms with Gasteiger partial charge >= 0.3 is 0 Å². The number of nitrogens with zero attached hydrogens (tertiary/aromatic N) is 1. The van der Waals surface area contributed by atoms with E-state index >= 15 is 0 Å². The maximum Gasteiger partial charge on any atom is 0.240 e.